The fraction of sp³-hybridized carbons (Fsp3) is 0.481. The Bertz CT molecular complexity index is 1130. The second-order valence-corrected chi connectivity index (χ2v) is 9.76. The predicted octanol–water partition coefficient (Wildman–Crippen LogP) is 3.92. The fourth-order valence-corrected chi connectivity index (χ4v) is 5.97. The van der Waals surface area contributed by atoms with Gasteiger partial charge in [0, 0.05) is 36.8 Å². The molecule has 7 nitrogen and oxygen atoms in total. The average Bonchev–Trinajstić information content (AvgIpc) is 3.64. The predicted molar refractivity (Wildman–Crippen MR) is 126 cm³/mol. The number of carbonyl (C=O) groups excluding carboxylic acids is 2. The Kier molecular flexibility index (Phi) is 5.35. The molecule has 1 saturated carbocycles. The van der Waals surface area contributed by atoms with Crippen molar-refractivity contribution in [2.45, 2.75) is 50.4 Å². The van der Waals surface area contributed by atoms with Gasteiger partial charge in [0.1, 0.15) is 17.8 Å². The Labute approximate surface area is 199 Å². The van der Waals surface area contributed by atoms with Crippen LogP contribution in [0.1, 0.15) is 56.1 Å². The van der Waals surface area contributed by atoms with Gasteiger partial charge in [0.05, 0.1) is 0 Å². The Balaban J connectivity index is 1.15. The molecule has 2 aromatic carbocycles. The van der Waals surface area contributed by atoms with E-state index in [1.807, 2.05) is 41.3 Å². The molecule has 2 amide bonds. The number of ether oxygens (including phenoxy) is 3. The van der Waals surface area contributed by atoms with E-state index >= 15 is 0 Å². The summed E-state index contributed by atoms with van der Waals surface area (Å²) in [5, 5.41) is 3.04. The lowest BCUT2D eigenvalue weighted by Gasteiger charge is -2.23. The van der Waals surface area contributed by atoms with Gasteiger partial charge in [-0.05, 0) is 36.5 Å². The summed E-state index contributed by atoms with van der Waals surface area (Å²) in [6.07, 6.45) is 7.42. The van der Waals surface area contributed by atoms with Crippen LogP contribution in [0.25, 0.3) is 0 Å². The molecule has 6 rings (SSSR count). The second-order valence-electron chi connectivity index (χ2n) is 9.76. The minimum absolute atomic E-state index is 0.0128. The first-order valence-electron chi connectivity index (χ1n) is 12.4. The molecule has 0 bridgehead atoms. The number of carbonyl (C=O) groups is 2. The maximum Gasteiger partial charge on any atom is 0.245 e. The van der Waals surface area contributed by atoms with E-state index in [9.17, 15) is 9.59 Å². The van der Waals surface area contributed by atoms with Crippen LogP contribution in [0.2, 0.25) is 0 Å². The summed E-state index contributed by atoms with van der Waals surface area (Å²) in [6.45, 7) is 1.54. The zero-order chi connectivity index (χ0) is 23.1. The van der Waals surface area contributed by atoms with E-state index in [1.54, 1.807) is 0 Å². The van der Waals surface area contributed by atoms with Gasteiger partial charge in [-0.15, -0.1) is 0 Å². The van der Waals surface area contributed by atoms with Crippen molar-refractivity contribution in [1.29, 1.82) is 0 Å². The molecule has 1 spiro atoms. The smallest absolute Gasteiger partial charge is 0.245 e. The summed E-state index contributed by atoms with van der Waals surface area (Å²) in [4.78, 5) is 28.0. The van der Waals surface area contributed by atoms with Crippen molar-refractivity contribution in [2.75, 3.05) is 31.4 Å². The van der Waals surface area contributed by atoms with E-state index < -0.39 is 5.41 Å². The topological polar surface area (TPSA) is 77.1 Å². The minimum atomic E-state index is -0.878. The Morgan fingerprint density at radius 2 is 1.82 bits per heavy atom. The molecular weight excluding hydrogens is 432 g/mol. The van der Waals surface area contributed by atoms with E-state index in [1.165, 1.54) is 25.7 Å². The van der Waals surface area contributed by atoms with Crippen molar-refractivity contribution >= 4 is 17.5 Å². The molecule has 1 unspecified atom stereocenters. The van der Waals surface area contributed by atoms with Gasteiger partial charge in [0.15, 0.2) is 11.5 Å². The highest BCUT2D eigenvalue weighted by Crippen LogP contribution is 2.54. The van der Waals surface area contributed by atoms with Gasteiger partial charge >= 0.3 is 0 Å². The maximum absolute atomic E-state index is 13.9. The van der Waals surface area contributed by atoms with E-state index in [4.69, 9.17) is 14.2 Å². The van der Waals surface area contributed by atoms with E-state index in [0.717, 1.165) is 29.2 Å². The lowest BCUT2D eigenvalue weighted by Crippen LogP contribution is -2.43. The third kappa shape index (κ3) is 3.40. The molecule has 0 radical (unpaired) electrons. The van der Waals surface area contributed by atoms with Crippen LogP contribution in [0, 0.1) is 5.92 Å². The van der Waals surface area contributed by atoms with E-state index in [-0.39, 0.29) is 25.2 Å². The molecule has 178 valence electrons. The first-order valence-corrected chi connectivity index (χ1v) is 12.4. The number of para-hydroxylation sites is 1. The molecule has 7 heteroatoms. The number of hydrogen-bond donors (Lipinski definition) is 1. The van der Waals surface area contributed by atoms with Crippen LogP contribution in [0.15, 0.2) is 36.4 Å². The van der Waals surface area contributed by atoms with Crippen molar-refractivity contribution in [3.05, 3.63) is 47.5 Å². The highest BCUT2D eigenvalue weighted by atomic mass is 16.7. The van der Waals surface area contributed by atoms with Crippen molar-refractivity contribution in [3.63, 3.8) is 0 Å². The zero-order valence-electron chi connectivity index (χ0n) is 19.3. The van der Waals surface area contributed by atoms with Crippen molar-refractivity contribution in [1.82, 2.24) is 5.32 Å². The number of amides is 2. The van der Waals surface area contributed by atoms with Gasteiger partial charge in [0.25, 0.3) is 0 Å². The molecule has 1 N–H and O–H groups in total. The molecule has 4 aliphatic rings. The van der Waals surface area contributed by atoms with Crippen molar-refractivity contribution in [3.8, 4) is 17.2 Å². The number of fused-ring (bicyclic) bond motifs is 5. The Morgan fingerprint density at radius 3 is 2.68 bits per heavy atom. The van der Waals surface area contributed by atoms with Crippen LogP contribution < -0.4 is 24.4 Å². The quantitative estimate of drug-likeness (QED) is 0.632. The average molecular weight is 463 g/mol. The zero-order valence-corrected chi connectivity index (χ0v) is 19.3. The molecule has 0 saturated heterocycles. The number of hydrogen-bond acceptors (Lipinski definition) is 5. The number of anilines is 1. The number of nitrogens with one attached hydrogen (secondary N) is 1. The van der Waals surface area contributed by atoms with E-state index in [2.05, 4.69) is 5.32 Å². The third-order valence-electron chi connectivity index (χ3n) is 7.78. The highest BCUT2D eigenvalue weighted by molar-refractivity contribution is 6.11. The second kappa shape index (κ2) is 8.53. The molecule has 3 heterocycles. The van der Waals surface area contributed by atoms with Crippen LogP contribution in [0.5, 0.6) is 17.2 Å². The highest BCUT2D eigenvalue weighted by Gasteiger charge is 2.57. The fourth-order valence-electron chi connectivity index (χ4n) is 5.97. The molecule has 1 fully saturated rings. The van der Waals surface area contributed by atoms with Crippen LogP contribution in [-0.4, -0.2) is 38.3 Å². The molecule has 0 aromatic heterocycles. The van der Waals surface area contributed by atoms with Gasteiger partial charge in [-0.2, -0.15) is 0 Å². The third-order valence-corrected chi connectivity index (χ3v) is 7.78. The van der Waals surface area contributed by atoms with Crippen molar-refractivity contribution < 1.29 is 23.8 Å². The van der Waals surface area contributed by atoms with Gasteiger partial charge in [-0.25, -0.2) is 0 Å². The summed E-state index contributed by atoms with van der Waals surface area (Å²) in [5.41, 5.74) is 1.82. The van der Waals surface area contributed by atoms with E-state index in [0.29, 0.717) is 43.2 Å². The van der Waals surface area contributed by atoms with Crippen LogP contribution in [0.4, 0.5) is 5.69 Å². The normalized spacial score (nSPS) is 22.2. The summed E-state index contributed by atoms with van der Waals surface area (Å²) in [5.74, 6) is 2.81. The largest absolute Gasteiger partial charge is 0.491 e. The summed E-state index contributed by atoms with van der Waals surface area (Å²) in [6, 6.07) is 11.7. The summed E-state index contributed by atoms with van der Waals surface area (Å²) in [7, 11) is 0. The SMILES string of the molecule is O=C(CCC1CCCC1)NCCCN1C(=O)C2(COc3cc4c(cc32)OCO4)c2ccccc21. The van der Waals surface area contributed by atoms with Gasteiger partial charge in [-0.1, -0.05) is 43.9 Å². The van der Waals surface area contributed by atoms with Crippen LogP contribution >= 0.6 is 0 Å². The summed E-state index contributed by atoms with van der Waals surface area (Å²) >= 11 is 0. The first-order chi connectivity index (χ1) is 16.7. The first kappa shape index (κ1) is 21.3. The Morgan fingerprint density at radius 1 is 1.03 bits per heavy atom. The molecule has 34 heavy (non-hydrogen) atoms. The van der Waals surface area contributed by atoms with Gasteiger partial charge in [-0.3, -0.25) is 9.59 Å². The lowest BCUT2D eigenvalue weighted by atomic mass is 9.77. The minimum Gasteiger partial charge on any atom is -0.491 e. The van der Waals surface area contributed by atoms with Gasteiger partial charge in [0.2, 0.25) is 18.6 Å². The van der Waals surface area contributed by atoms with Gasteiger partial charge < -0.3 is 24.4 Å². The summed E-state index contributed by atoms with van der Waals surface area (Å²) < 4.78 is 17.1. The Hall–Kier alpha value is -3.22. The number of nitrogens with zero attached hydrogens (tertiary/aromatic N) is 1. The van der Waals surface area contributed by atoms with Crippen molar-refractivity contribution in [2.24, 2.45) is 5.92 Å². The number of rotatable bonds is 7. The monoisotopic (exact) mass is 462 g/mol. The lowest BCUT2D eigenvalue weighted by molar-refractivity contribution is -0.122. The molecular formula is C27H30N2O5. The van der Waals surface area contributed by atoms with Crippen LogP contribution in [0.3, 0.4) is 0 Å². The van der Waals surface area contributed by atoms with Crippen LogP contribution in [-0.2, 0) is 15.0 Å². The molecule has 1 atom stereocenters. The molecule has 3 aliphatic heterocycles. The molecule has 2 aromatic rings. The molecule has 1 aliphatic carbocycles. The number of benzene rings is 2. The maximum atomic E-state index is 13.9. The standard InChI is InChI=1S/C27H30N2O5/c30-25(11-10-18-6-1-2-7-18)28-12-5-13-29-21-9-4-3-8-19(21)27(26(29)31)16-32-22-15-24-23(14-20(22)27)33-17-34-24/h3-4,8-9,14-15,18H,1-2,5-7,10-13,16-17H2,(H,28,30).